The highest BCUT2D eigenvalue weighted by atomic mass is 35.5. The lowest BCUT2D eigenvalue weighted by atomic mass is 10.3. The zero-order chi connectivity index (χ0) is 22.2. The van der Waals surface area contributed by atoms with E-state index in [9.17, 15) is 0 Å². The molecule has 5 aromatic rings. The summed E-state index contributed by atoms with van der Waals surface area (Å²) in [6.45, 7) is 6.13. The van der Waals surface area contributed by atoms with E-state index in [0.717, 1.165) is 30.5 Å². The SMILES string of the molecule is Cc1ccc(-c2ccccn2)s1.Cc1ccc(-c2ccon2)s1.Cc1sc(Cl)cc1Cl. The molecule has 0 unspecified atom stereocenters. The number of thiophene rings is 3. The van der Waals surface area contributed by atoms with Crippen LogP contribution in [0, 0.1) is 20.8 Å². The first-order chi connectivity index (χ1) is 14.9. The van der Waals surface area contributed by atoms with Gasteiger partial charge in [0.25, 0.3) is 0 Å². The van der Waals surface area contributed by atoms with Crippen molar-refractivity contribution in [1.29, 1.82) is 0 Å². The number of nitrogens with zero attached hydrogens (tertiary/aromatic N) is 2. The Labute approximate surface area is 203 Å². The number of pyridine rings is 1. The Hall–Kier alpha value is -1.96. The lowest BCUT2D eigenvalue weighted by Gasteiger charge is -1.92. The molecular weight excluding hydrogens is 487 g/mol. The molecule has 5 rings (SSSR count). The number of halogens is 2. The van der Waals surface area contributed by atoms with E-state index >= 15 is 0 Å². The van der Waals surface area contributed by atoms with Crippen LogP contribution in [0.1, 0.15) is 14.6 Å². The minimum atomic E-state index is 0.757. The molecule has 5 aromatic heterocycles. The molecule has 0 fully saturated rings. The Morgan fingerprint density at radius 2 is 1.45 bits per heavy atom. The van der Waals surface area contributed by atoms with Crippen LogP contribution in [0.25, 0.3) is 21.1 Å². The van der Waals surface area contributed by atoms with Gasteiger partial charge in [-0.15, -0.1) is 34.0 Å². The topological polar surface area (TPSA) is 38.9 Å². The Morgan fingerprint density at radius 3 is 1.84 bits per heavy atom. The van der Waals surface area contributed by atoms with Crippen LogP contribution in [-0.2, 0) is 0 Å². The van der Waals surface area contributed by atoms with Crippen molar-refractivity contribution in [1.82, 2.24) is 10.1 Å². The number of rotatable bonds is 2. The van der Waals surface area contributed by atoms with Crippen molar-refractivity contribution < 1.29 is 4.52 Å². The van der Waals surface area contributed by atoms with Gasteiger partial charge in [0, 0.05) is 26.9 Å². The quantitative estimate of drug-likeness (QED) is 0.239. The van der Waals surface area contributed by atoms with Crippen LogP contribution >= 0.6 is 57.2 Å². The third-order valence-corrected chi connectivity index (χ3v) is 7.65. The summed E-state index contributed by atoms with van der Waals surface area (Å²) in [6.07, 6.45) is 3.41. The average molecular weight is 508 g/mol. The van der Waals surface area contributed by atoms with E-state index in [1.807, 2.05) is 37.4 Å². The van der Waals surface area contributed by atoms with Gasteiger partial charge in [0.2, 0.25) is 0 Å². The van der Waals surface area contributed by atoms with Crippen molar-refractivity contribution in [2.75, 3.05) is 0 Å². The highest BCUT2D eigenvalue weighted by Gasteiger charge is 2.02. The van der Waals surface area contributed by atoms with E-state index in [1.165, 1.54) is 26.0 Å². The van der Waals surface area contributed by atoms with Crippen LogP contribution in [0.3, 0.4) is 0 Å². The fourth-order valence-electron chi connectivity index (χ4n) is 2.42. The van der Waals surface area contributed by atoms with Crippen LogP contribution in [0.5, 0.6) is 0 Å². The van der Waals surface area contributed by atoms with Crippen LogP contribution in [-0.4, -0.2) is 10.1 Å². The molecule has 0 N–H and O–H groups in total. The number of aromatic nitrogens is 2. The van der Waals surface area contributed by atoms with Gasteiger partial charge in [0.05, 0.1) is 24.8 Å². The minimum absolute atomic E-state index is 0.757. The maximum Gasteiger partial charge on any atom is 0.124 e. The molecule has 0 aromatic carbocycles. The molecule has 3 nitrogen and oxygen atoms in total. The largest absolute Gasteiger partial charge is 0.364 e. The predicted molar refractivity (Wildman–Crippen MR) is 136 cm³/mol. The minimum Gasteiger partial charge on any atom is -0.364 e. The van der Waals surface area contributed by atoms with Crippen molar-refractivity contribution in [3.05, 3.63) is 91.0 Å². The molecule has 160 valence electrons. The summed E-state index contributed by atoms with van der Waals surface area (Å²) in [5, 5.41) is 4.60. The van der Waals surface area contributed by atoms with E-state index in [2.05, 4.69) is 48.3 Å². The molecule has 0 amide bonds. The molecular formula is C23H20Cl2N2OS3. The summed E-state index contributed by atoms with van der Waals surface area (Å²) in [5.41, 5.74) is 1.98. The van der Waals surface area contributed by atoms with Gasteiger partial charge < -0.3 is 4.52 Å². The Balaban J connectivity index is 0.000000135. The molecule has 0 bridgehead atoms. The van der Waals surface area contributed by atoms with E-state index < -0.39 is 0 Å². The van der Waals surface area contributed by atoms with Gasteiger partial charge in [-0.2, -0.15) is 0 Å². The van der Waals surface area contributed by atoms with Crippen LogP contribution in [0.2, 0.25) is 9.36 Å². The van der Waals surface area contributed by atoms with Crippen molar-refractivity contribution in [2.24, 2.45) is 0 Å². The zero-order valence-corrected chi connectivity index (χ0v) is 21.1. The Morgan fingerprint density at radius 1 is 0.774 bits per heavy atom. The summed E-state index contributed by atoms with van der Waals surface area (Å²) in [6, 6.07) is 18.0. The van der Waals surface area contributed by atoms with Gasteiger partial charge in [-0.1, -0.05) is 34.4 Å². The van der Waals surface area contributed by atoms with Crippen molar-refractivity contribution in [3.8, 4) is 21.1 Å². The molecule has 0 saturated heterocycles. The average Bonchev–Trinajstić information content (AvgIpc) is 3.54. The van der Waals surface area contributed by atoms with Crippen LogP contribution < -0.4 is 0 Å². The van der Waals surface area contributed by atoms with Gasteiger partial charge in [0.1, 0.15) is 12.0 Å². The standard InChI is InChI=1S/C10H9NS.C8H7NOS.C5H4Cl2S/c1-8-5-6-10(12-8)9-4-2-3-7-11-9;1-6-2-3-8(11-6)7-4-5-10-9-7;1-3-4(6)2-5(7)8-3/h2-7H,1H3;2-5H,1H3;2H,1H3. The Kier molecular flexibility index (Phi) is 8.87. The van der Waals surface area contributed by atoms with E-state index in [4.69, 9.17) is 27.7 Å². The third-order valence-electron chi connectivity index (χ3n) is 3.92. The van der Waals surface area contributed by atoms with Crippen LogP contribution in [0.15, 0.2) is 71.6 Å². The molecule has 5 heterocycles. The number of hydrogen-bond acceptors (Lipinski definition) is 6. The van der Waals surface area contributed by atoms with Gasteiger partial charge >= 0.3 is 0 Å². The summed E-state index contributed by atoms with van der Waals surface area (Å²) < 4.78 is 5.49. The molecule has 31 heavy (non-hydrogen) atoms. The molecule has 0 atom stereocenters. The number of hydrogen-bond donors (Lipinski definition) is 0. The van der Waals surface area contributed by atoms with E-state index in [-0.39, 0.29) is 0 Å². The lowest BCUT2D eigenvalue weighted by molar-refractivity contribution is 0.422. The smallest absolute Gasteiger partial charge is 0.124 e. The third kappa shape index (κ3) is 7.30. The highest BCUT2D eigenvalue weighted by molar-refractivity contribution is 7.16. The fourth-order valence-corrected chi connectivity index (χ4v) is 5.52. The van der Waals surface area contributed by atoms with Gasteiger partial charge in [-0.25, -0.2) is 0 Å². The summed E-state index contributed by atoms with van der Waals surface area (Å²) >= 11 is 16.3. The van der Waals surface area contributed by atoms with Crippen molar-refractivity contribution >= 4 is 57.2 Å². The van der Waals surface area contributed by atoms with E-state index in [0.29, 0.717) is 0 Å². The second-order valence-electron chi connectivity index (χ2n) is 6.37. The molecule has 0 aliphatic rings. The summed E-state index contributed by atoms with van der Waals surface area (Å²) in [4.78, 5) is 10.4. The van der Waals surface area contributed by atoms with E-state index in [1.54, 1.807) is 35.0 Å². The summed E-state index contributed by atoms with van der Waals surface area (Å²) in [5.74, 6) is 0. The first kappa shape index (κ1) is 23.7. The molecule has 0 aliphatic heterocycles. The Bertz CT molecular complexity index is 1180. The van der Waals surface area contributed by atoms with Crippen molar-refractivity contribution in [3.63, 3.8) is 0 Å². The number of aryl methyl sites for hydroxylation is 3. The second kappa shape index (κ2) is 11.6. The molecule has 0 spiro atoms. The van der Waals surface area contributed by atoms with Gasteiger partial charge in [-0.3, -0.25) is 4.98 Å². The zero-order valence-electron chi connectivity index (χ0n) is 17.1. The highest BCUT2D eigenvalue weighted by Crippen LogP contribution is 2.29. The van der Waals surface area contributed by atoms with Crippen molar-refractivity contribution in [2.45, 2.75) is 20.8 Å². The molecule has 8 heteroatoms. The first-order valence-electron chi connectivity index (χ1n) is 9.29. The maximum atomic E-state index is 5.66. The fraction of sp³-hybridized carbons (Fsp3) is 0.130. The lowest BCUT2D eigenvalue weighted by Crippen LogP contribution is -1.75. The van der Waals surface area contributed by atoms with Gasteiger partial charge in [0.15, 0.2) is 0 Å². The predicted octanol–water partition coefficient (Wildman–Crippen LogP) is 9.19. The normalized spacial score (nSPS) is 10.1. The van der Waals surface area contributed by atoms with Gasteiger partial charge in [-0.05, 0) is 63.2 Å². The molecule has 0 saturated carbocycles. The maximum absolute atomic E-state index is 5.66. The second-order valence-corrected chi connectivity index (χ2v) is 11.2. The molecule has 0 radical (unpaired) electrons. The molecule has 0 aliphatic carbocycles. The van der Waals surface area contributed by atoms with Crippen LogP contribution in [0.4, 0.5) is 0 Å². The monoisotopic (exact) mass is 506 g/mol. The summed E-state index contributed by atoms with van der Waals surface area (Å²) in [7, 11) is 0. The first-order valence-corrected chi connectivity index (χ1v) is 12.5.